The summed E-state index contributed by atoms with van der Waals surface area (Å²) in [6, 6.07) is 5.78. The summed E-state index contributed by atoms with van der Waals surface area (Å²) in [6.45, 7) is -2.89. The summed E-state index contributed by atoms with van der Waals surface area (Å²) in [4.78, 5) is 15.5. The first-order valence-electron chi connectivity index (χ1n) is 4.89. The monoisotopic (exact) mass is 270 g/mol. The number of halogens is 2. The first-order chi connectivity index (χ1) is 8.65. The number of nitrogens with zero attached hydrogens (tertiary/aromatic N) is 1. The van der Waals surface area contributed by atoms with Gasteiger partial charge in [-0.1, -0.05) is 6.07 Å². The number of hydrogen-bond acceptors (Lipinski definition) is 4. The molecule has 18 heavy (non-hydrogen) atoms. The summed E-state index contributed by atoms with van der Waals surface area (Å²) in [7, 11) is 0. The van der Waals surface area contributed by atoms with Crippen molar-refractivity contribution in [3.63, 3.8) is 0 Å². The minimum absolute atomic E-state index is 0.0129. The Morgan fingerprint density at radius 3 is 2.94 bits per heavy atom. The fourth-order valence-electron chi connectivity index (χ4n) is 1.27. The van der Waals surface area contributed by atoms with Crippen LogP contribution in [0.4, 0.5) is 14.5 Å². The first kappa shape index (κ1) is 12.4. The molecule has 2 aromatic rings. The molecule has 0 aliphatic rings. The Morgan fingerprint density at radius 2 is 2.28 bits per heavy atom. The van der Waals surface area contributed by atoms with Gasteiger partial charge in [0.2, 0.25) is 0 Å². The fourth-order valence-corrected chi connectivity index (χ4v) is 1.80. The van der Waals surface area contributed by atoms with E-state index in [2.05, 4.69) is 15.0 Å². The summed E-state index contributed by atoms with van der Waals surface area (Å²) in [5.41, 5.74) is 2.18. The number of benzene rings is 1. The van der Waals surface area contributed by atoms with E-state index in [1.807, 2.05) is 0 Å². The van der Waals surface area contributed by atoms with Crippen molar-refractivity contribution < 1.29 is 18.3 Å². The van der Waals surface area contributed by atoms with E-state index in [9.17, 15) is 13.6 Å². The summed E-state index contributed by atoms with van der Waals surface area (Å²) in [5, 5.41) is 4.13. The summed E-state index contributed by atoms with van der Waals surface area (Å²) in [6.07, 6.45) is 0. The topological polar surface area (TPSA) is 51.2 Å². The van der Waals surface area contributed by atoms with E-state index >= 15 is 0 Å². The van der Waals surface area contributed by atoms with Crippen molar-refractivity contribution in [3.8, 4) is 5.75 Å². The van der Waals surface area contributed by atoms with Gasteiger partial charge in [0.05, 0.1) is 5.51 Å². The smallest absolute Gasteiger partial charge is 0.387 e. The maximum absolute atomic E-state index is 12.0. The van der Waals surface area contributed by atoms with Gasteiger partial charge >= 0.3 is 6.61 Å². The Balaban J connectivity index is 2.07. The summed E-state index contributed by atoms with van der Waals surface area (Å²) < 4.78 is 28.3. The number of carbonyl (C=O) groups is 1. The zero-order chi connectivity index (χ0) is 13.0. The number of thiazole rings is 1. The molecule has 1 aromatic carbocycles. The molecule has 1 aromatic heterocycles. The largest absolute Gasteiger partial charge is 0.435 e. The predicted molar refractivity (Wildman–Crippen MR) is 63.1 cm³/mol. The molecule has 0 bridgehead atoms. The quantitative estimate of drug-likeness (QED) is 0.929. The number of hydrogen-bond donors (Lipinski definition) is 1. The highest BCUT2D eigenvalue weighted by Crippen LogP contribution is 2.19. The molecule has 4 nitrogen and oxygen atoms in total. The molecule has 0 spiro atoms. The Bertz CT molecular complexity index is 532. The van der Waals surface area contributed by atoms with Crippen molar-refractivity contribution in [2.24, 2.45) is 0 Å². The maximum Gasteiger partial charge on any atom is 0.387 e. The third-order valence-corrected chi connectivity index (χ3v) is 2.57. The van der Waals surface area contributed by atoms with Gasteiger partial charge in [-0.3, -0.25) is 4.79 Å². The maximum atomic E-state index is 12.0. The molecule has 1 heterocycles. The van der Waals surface area contributed by atoms with E-state index in [4.69, 9.17) is 0 Å². The van der Waals surface area contributed by atoms with E-state index in [0.717, 1.165) is 0 Å². The Kier molecular flexibility index (Phi) is 3.83. The van der Waals surface area contributed by atoms with Crippen LogP contribution in [-0.2, 0) is 0 Å². The van der Waals surface area contributed by atoms with Gasteiger partial charge in [-0.2, -0.15) is 8.78 Å². The second-order valence-corrected chi connectivity index (χ2v) is 3.95. The molecule has 94 valence electrons. The second-order valence-electron chi connectivity index (χ2n) is 3.23. The van der Waals surface area contributed by atoms with Gasteiger partial charge in [0.1, 0.15) is 11.4 Å². The highest BCUT2D eigenvalue weighted by atomic mass is 32.1. The van der Waals surface area contributed by atoms with Crippen LogP contribution in [0.3, 0.4) is 0 Å². The highest BCUT2D eigenvalue weighted by Gasteiger charge is 2.09. The van der Waals surface area contributed by atoms with Crippen molar-refractivity contribution in [1.29, 1.82) is 0 Å². The lowest BCUT2D eigenvalue weighted by Crippen LogP contribution is -2.12. The minimum atomic E-state index is -2.89. The molecule has 0 aliphatic carbocycles. The van der Waals surface area contributed by atoms with Crippen LogP contribution < -0.4 is 10.1 Å². The second kappa shape index (κ2) is 5.54. The average Bonchev–Trinajstić information content (AvgIpc) is 2.81. The number of anilines is 1. The van der Waals surface area contributed by atoms with Crippen LogP contribution in [0.1, 0.15) is 10.5 Å². The van der Waals surface area contributed by atoms with Gasteiger partial charge in [0.25, 0.3) is 5.91 Å². The van der Waals surface area contributed by atoms with Gasteiger partial charge in [0, 0.05) is 17.1 Å². The molecular weight excluding hydrogens is 262 g/mol. The van der Waals surface area contributed by atoms with Crippen molar-refractivity contribution in [3.05, 3.63) is 40.8 Å². The van der Waals surface area contributed by atoms with Crippen LogP contribution in [0.15, 0.2) is 35.2 Å². The highest BCUT2D eigenvalue weighted by molar-refractivity contribution is 7.07. The fraction of sp³-hybridized carbons (Fsp3) is 0.0909. The number of rotatable bonds is 4. The Labute approximate surface area is 105 Å². The molecular formula is C11H8F2N2O2S. The molecule has 0 fully saturated rings. The average molecular weight is 270 g/mol. The molecule has 0 radical (unpaired) electrons. The van der Waals surface area contributed by atoms with Crippen LogP contribution >= 0.6 is 11.3 Å². The zero-order valence-electron chi connectivity index (χ0n) is 8.97. The molecule has 0 unspecified atom stereocenters. The molecule has 0 saturated heterocycles. The van der Waals surface area contributed by atoms with Gasteiger partial charge in [-0.05, 0) is 12.1 Å². The zero-order valence-corrected chi connectivity index (χ0v) is 9.79. The van der Waals surface area contributed by atoms with Crippen molar-refractivity contribution in [2.75, 3.05) is 5.32 Å². The summed E-state index contributed by atoms with van der Waals surface area (Å²) >= 11 is 1.29. The molecule has 0 aliphatic heterocycles. The molecule has 2 rings (SSSR count). The van der Waals surface area contributed by atoms with E-state index in [1.165, 1.54) is 35.0 Å². The third kappa shape index (κ3) is 3.24. The van der Waals surface area contributed by atoms with Gasteiger partial charge in [-0.15, -0.1) is 11.3 Å². The van der Waals surface area contributed by atoms with Crippen LogP contribution in [0, 0.1) is 0 Å². The van der Waals surface area contributed by atoms with Gasteiger partial charge in [0.15, 0.2) is 0 Å². The minimum Gasteiger partial charge on any atom is -0.435 e. The van der Waals surface area contributed by atoms with E-state index in [1.54, 1.807) is 11.4 Å². The van der Waals surface area contributed by atoms with Crippen LogP contribution in [0.5, 0.6) is 5.75 Å². The number of amides is 1. The number of carbonyl (C=O) groups excluding carboxylic acids is 1. The molecule has 0 atom stereocenters. The molecule has 1 amide bonds. The van der Waals surface area contributed by atoms with E-state index in [0.29, 0.717) is 5.69 Å². The van der Waals surface area contributed by atoms with Crippen molar-refractivity contribution in [2.45, 2.75) is 6.61 Å². The predicted octanol–water partition coefficient (Wildman–Crippen LogP) is 3.00. The number of aromatic nitrogens is 1. The van der Waals surface area contributed by atoms with Crippen LogP contribution in [-0.4, -0.2) is 17.5 Å². The van der Waals surface area contributed by atoms with E-state index < -0.39 is 12.5 Å². The first-order valence-corrected chi connectivity index (χ1v) is 5.84. The standard InChI is InChI=1S/C11H8F2N2O2S/c12-11(13)17-8-3-1-2-7(4-8)15-10(16)9-5-18-6-14-9/h1-6,11H,(H,15,16). The van der Waals surface area contributed by atoms with Crippen molar-refractivity contribution >= 4 is 22.9 Å². The number of ether oxygens (including phenoxy) is 1. The van der Waals surface area contributed by atoms with Gasteiger partial charge < -0.3 is 10.1 Å². The normalized spacial score (nSPS) is 10.4. The number of nitrogens with one attached hydrogen (secondary N) is 1. The summed E-state index contributed by atoms with van der Waals surface area (Å²) in [5.74, 6) is -0.411. The molecule has 0 saturated carbocycles. The lowest BCUT2D eigenvalue weighted by Gasteiger charge is -2.07. The van der Waals surface area contributed by atoms with Crippen molar-refractivity contribution in [1.82, 2.24) is 4.98 Å². The lowest BCUT2D eigenvalue weighted by molar-refractivity contribution is -0.0497. The van der Waals surface area contributed by atoms with Crippen LogP contribution in [0.25, 0.3) is 0 Å². The van der Waals surface area contributed by atoms with Crippen LogP contribution in [0.2, 0.25) is 0 Å². The third-order valence-electron chi connectivity index (χ3n) is 1.98. The molecule has 7 heteroatoms. The van der Waals surface area contributed by atoms with E-state index in [-0.39, 0.29) is 11.4 Å². The molecule has 1 N–H and O–H groups in total. The Morgan fingerprint density at radius 1 is 1.44 bits per heavy atom. The Hall–Kier alpha value is -2.02. The lowest BCUT2D eigenvalue weighted by atomic mass is 10.3. The van der Waals surface area contributed by atoms with Gasteiger partial charge in [-0.25, -0.2) is 4.98 Å². The number of alkyl halides is 2. The SMILES string of the molecule is O=C(Nc1cccc(OC(F)F)c1)c1cscn1.